The number of hydrogen-bond donors (Lipinski definition) is 1. The molecule has 0 bridgehead atoms. The maximum atomic E-state index is 4.72. The fourth-order valence-electron chi connectivity index (χ4n) is 3.44. The van der Waals surface area contributed by atoms with E-state index < -0.39 is 0 Å². The Balaban J connectivity index is 1.56. The molecule has 0 radical (unpaired) electrons. The van der Waals surface area contributed by atoms with Crippen molar-refractivity contribution in [3.63, 3.8) is 0 Å². The highest BCUT2D eigenvalue weighted by Gasteiger charge is 2.31. The second kappa shape index (κ2) is 7.08. The standard InChI is InChI=1S/C18H27N3/c1-15-17(20-18-10-6-3-7-12-19-18)11-13-21(15)14-16-8-4-2-5-9-16/h2,4-5,8-9,15,17H,3,6-7,10-14H2,1H3,(H,19,20). The highest BCUT2D eigenvalue weighted by atomic mass is 15.2. The molecule has 21 heavy (non-hydrogen) atoms. The van der Waals surface area contributed by atoms with Crippen LogP contribution >= 0.6 is 0 Å². The molecule has 1 N–H and O–H groups in total. The molecule has 0 aromatic heterocycles. The average Bonchev–Trinajstić information content (AvgIpc) is 2.71. The predicted octanol–water partition coefficient (Wildman–Crippen LogP) is 3.21. The molecule has 0 saturated carbocycles. The molecule has 3 rings (SSSR count). The molecule has 1 aromatic carbocycles. The van der Waals surface area contributed by atoms with E-state index in [1.165, 1.54) is 43.6 Å². The molecule has 0 aliphatic carbocycles. The van der Waals surface area contributed by atoms with Crippen LogP contribution in [-0.2, 0) is 6.54 Å². The summed E-state index contributed by atoms with van der Waals surface area (Å²) < 4.78 is 0. The number of aliphatic imine (C=N–C) groups is 1. The Morgan fingerprint density at radius 3 is 2.90 bits per heavy atom. The molecule has 1 saturated heterocycles. The summed E-state index contributed by atoms with van der Waals surface area (Å²) in [5, 5.41) is 3.73. The van der Waals surface area contributed by atoms with Crippen LogP contribution in [0.1, 0.15) is 44.6 Å². The first kappa shape index (κ1) is 14.6. The summed E-state index contributed by atoms with van der Waals surface area (Å²) in [7, 11) is 0. The van der Waals surface area contributed by atoms with Gasteiger partial charge in [0, 0.05) is 38.1 Å². The number of likely N-dealkylation sites (tertiary alicyclic amines) is 1. The maximum absolute atomic E-state index is 4.72. The quantitative estimate of drug-likeness (QED) is 0.923. The van der Waals surface area contributed by atoms with E-state index >= 15 is 0 Å². The van der Waals surface area contributed by atoms with Crippen LogP contribution in [0.5, 0.6) is 0 Å². The first-order chi connectivity index (χ1) is 10.3. The Kier molecular flexibility index (Phi) is 4.91. The maximum Gasteiger partial charge on any atom is 0.0965 e. The molecule has 114 valence electrons. The Labute approximate surface area is 128 Å². The van der Waals surface area contributed by atoms with Crippen molar-refractivity contribution in [3.8, 4) is 0 Å². The van der Waals surface area contributed by atoms with Gasteiger partial charge in [0.25, 0.3) is 0 Å². The number of benzene rings is 1. The van der Waals surface area contributed by atoms with E-state index in [1.54, 1.807) is 0 Å². The molecular weight excluding hydrogens is 258 g/mol. The predicted molar refractivity (Wildman–Crippen MR) is 88.6 cm³/mol. The Morgan fingerprint density at radius 1 is 1.19 bits per heavy atom. The molecule has 2 heterocycles. The van der Waals surface area contributed by atoms with Crippen LogP contribution in [0.2, 0.25) is 0 Å². The second-order valence-corrected chi connectivity index (χ2v) is 6.38. The fraction of sp³-hybridized carbons (Fsp3) is 0.611. The van der Waals surface area contributed by atoms with Crippen molar-refractivity contribution < 1.29 is 0 Å². The summed E-state index contributed by atoms with van der Waals surface area (Å²) in [6, 6.07) is 11.9. The lowest BCUT2D eigenvalue weighted by atomic mass is 10.1. The fourth-order valence-corrected chi connectivity index (χ4v) is 3.44. The van der Waals surface area contributed by atoms with Crippen molar-refractivity contribution in [3.05, 3.63) is 35.9 Å². The first-order valence-electron chi connectivity index (χ1n) is 8.41. The van der Waals surface area contributed by atoms with E-state index in [-0.39, 0.29) is 0 Å². The van der Waals surface area contributed by atoms with Crippen LogP contribution in [0.4, 0.5) is 0 Å². The van der Waals surface area contributed by atoms with Gasteiger partial charge in [-0.25, -0.2) is 0 Å². The molecule has 3 heteroatoms. The number of hydrogen-bond acceptors (Lipinski definition) is 3. The van der Waals surface area contributed by atoms with E-state index in [0.717, 1.165) is 19.5 Å². The van der Waals surface area contributed by atoms with Gasteiger partial charge >= 0.3 is 0 Å². The molecule has 1 fully saturated rings. The lowest BCUT2D eigenvalue weighted by Gasteiger charge is -2.26. The average molecular weight is 285 g/mol. The van der Waals surface area contributed by atoms with E-state index in [0.29, 0.717) is 12.1 Å². The van der Waals surface area contributed by atoms with Gasteiger partial charge in [0.2, 0.25) is 0 Å². The minimum absolute atomic E-state index is 0.561. The van der Waals surface area contributed by atoms with Gasteiger partial charge in [-0.3, -0.25) is 9.89 Å². The lowest BCUT2D eigenvalue weighted by molar-refractivity contribution is 0.247. The van der Waals surface area contributed by atoms with Crippen LogP contribution in [0.3, 0.4) is 0 Å². The lowest BCUT2D eigenvalue weighted by Crippen LogP contribution is -2.43. The van der Waals surface area contributed by atoms with Gasteiger partial charge in [-0.05, 0) is 31.7 Å². The van der Waals surface area contributed by atoms with Crippen molar-refractivity contribution in [2.75, 3.05) is 13.1 Å². The van der Waals surface area contributed by atoms with E-state index in [1.807, 2.05) is 0 Å². The van der Waals surface area contributed by atoms with Crippen LogP contribution in [-0.4, -0.2) is 35.9 Å². The van der Waals surface area contributed by atoms with Gasteiger partial charge in [0.1, 0.15) is 0 Å². The molecule has 3 nitrogen and oxygen atoms in total. The minimum atomic E-state index is 0.561. The Bertz CT molecular complexity index is 469. The Hall–Kier alpha value is -1.35. The molecule has 2 atom stereocenters. The Morgan fingerprint density at radius 2 is 2.05 bits per heavy atom. The second-order valence-electron chi connectivity index (χ2n) is 6.38. The third-order valence-corrected chi connectivity index (χ3v) is 4.84. The monoisotopic (exact) mass is 285 g/mol. The van der Waals surface area contributed by atoms with Crippen molar-refractivity contribution in [1.82, 2.24) is 10.2 Å². The molecular formula is C18H27N3. The SMILES string of the molecule is CC1C(NC2=NCCCCC2)CCN1Cc1ccccc1. The topological polar surface area (TPSA) is 27.6 Å². The van der Waals surface area contributed by atoms with Gasteiger partial charge in [-0.15, -0.1) is 0 Å². The largest absolute Gasteiger partial charge is 0.369 e. The number of rotatable bonds is 3. The summed E-state index contributed by atoms with van der Waals surface area (Å²) in [6.45, 7) is 5.61. The summed E-state index contributed by atoms with van der Waals surface area (Å²) in [6.07, 6.45) is 6.25. The summed E-state index contributed by atoms with van der Waals surface area (Å²) in [5.41, 5.74) is 1.41. The van der Waals surface area contributed by atoms with Crippen molar-refractivity contribution in [1.29, 1.82) is 0 Å². The van der Waals surface area contributed by atoms with Gasteiger partial charge < -0.3 is 5.32 Å². The van der Waals surface area contributed by atoms with Crippen molar-refractivity contribution in [2.45, 2.75) is 57.7 Å². The normalized spacial score (nSPS) is 27.2. The van der Waals surface area contributed by atoms with Gasteiger partial charge in [0.15, 0.2) is 0 Å². The zero-order valence-corrected chi connectivity index (χ0v) is 13.1. The molecule has 1 aromatic rings. The third kappa shape index (κ3) is 3.85. The smallest absolute Gasteiger partial charge is 0.0965 e. The van der Waals surface area contributed by atoms with E-state index in [9.17, 15) is 0 Å². The first-order valence-corrected chi connectivity index (χ1v) is 8.41. The highest BCUT2D eigenvalue weighted by molar-refractivity contribution is 5.82. The van der Waals surface area contributed by atoms with E-state index in [2.05, 4.69) is 47.5 Å². The number of nitrogens with zero attached hydrogens (tertiary/aromatic N) is 2. The van der Waals surface area contributed by atoms with Gasteiger partial charge in [-0.1, -0.05) is 36.8 Å². The molecule has 2 aliphatic rings. The van der Waals surface area contributed by atoms with E-state index in [4.69, 9.17) is 4.99 Å². The summed E-state index contributed by atoms with van der Waals surface area (Å²) in [5.74, 6) is 1.26. The zero-order valence-electron chi connectivity index (χ0n) is 13.1. The zero-order chi connectivity index (χ0) is 14.5. The highest BCUT2D eigenvalue weighted by Crippen LogP contribution is 2.21. The third-order valence-electron chi connectivity index (χ3n) is 4.84. The van der Waals surface area contributed by atoms with Crippen LogP contribution in [0, 0.1) is 0 Å². The van der Waals surface area contributed by atoms with Crippen LogP contribution < -0.4 is 5.32 Å². The van der Waals surface area contributed by atoms with Gasteiger partial charge in [0.05, 0.1) is 5.84 Å². The molecule has 2 aliphatic heterocycles. The van der Waals surface area contributed by atoms with Crippen LogP contribution in [0.15, 0.2) is 35.3 Å². The van der Waals surface area contributed by atoms with Crippen molar-refractivity contribution in [2.24, 2.45) is 4.99 Å². The van der Waals surface area contributed by atoms with Crippen molar-refractivity contribution >= 4 is 5.84 Å². The molecule has 0 amide bonds. The minimum Gasteiger partial charge on any atom is -0.369 e. The summed E-state index contributed by atoms with van der Waals surface area (Å²) in [4.78, 5) is 7.30. The molecule has 0 spiro atoms. The number of nitrogens with one attached hydrogen (secondary N) is 1. The van der Waals surface area contributed by atoms with Gasteiger partial charge in [-0.2, -0.15) is 0 Å². The molecule has 2 unspecified atom stereocenters. The van der Waals surface area contributed by atoms with Crippen LogP contribution in [0.25, 0.3) is 0 Å². The number of amidine groups is 1. The summed E-state index contributed by atoms with van der Waals surface area (Å²) >= 11 is 0.